The number of hydrogen-bond acceptors (Lipinski definition) is 3. The number of nitrogens with one attached hydrogen (secondary N) is 1. The van der Waals surface area contributed by atoms with Crippen LogP contribution in [0.2, 0.25) is 0 Å². The smallest absolute Gasteiger partial charge is 0.150 e. The van der Waals surface area contributed by atoms with E-state index >= 15 is 0 Å². The Hall–Kier alpha value is -0.870. The maximum atomic E-state index is 11.8. The average Bonchev–Trinajstić information content (AvgIpc) is 2.43. The molecule has 0 bridgehead atoms. The maximum absolute atomic E-state index is 11.8. The van der Waals surface area contributed by atoms with E-state index in [2.05, 4.69) is 50.4 Å². The molecule has 22 heavy (non-hydrogen) atoms. The van der Waals surface area contributed by atoms with Crippen LogP contribution in [0.3, 0.4) is 0 Å². The normalized spacial score (nSPS) is 22.6. The molecule has 1 aromatic rings. The standard InChI is InChI=1S/C18H29NO2S/c1-14(2)11-18(17-9-5-4-7-15(17)3)19-12-16-8-6-10-22(20,21)13-16/h4-5,7,9,14,16,18-19H,6,8,10-13H2,1-3H3/t16-,18+/m0/s1. The van der Waals surface area contributed by atoms with Gasteiger partial charge in [0.05, 0.1) is 11.5 Å². The molecule has 0 aliphatic carbocycles. The largest absolute Gasteiger partial charge is 0.310 e. The van der Waals surface area contributed by atoms with Gasteiger partial charge in [0.2, 0.25) is 0 Å². The number of sulfone groups is 1. The van der Waals surface area contributed by atoms with Crippen LogP contribution in [0.4, 0.5) is 0 Å². The third-order valence-corrected chi connectivity index (χ3v) is 6.37. The quantitative estimate of drug-likeness (QED) is 0.871. The summed E-state index contributed by atoms with van der Waals surface area (Å²) >= 11 is 0. The summed E-state index contributed by atoms with van der Waals surface area (Å²) in [5, 5.41) is 3.65. The molecule has 1 fully saturated rings. The Bertz CT molecular complexity index is 581. The topological polar surface area (TPSA) is 46.2 Å². The minimum absolute atomic E-state index is 0.262. The van der Waals surface area contributed by atoms with Gasteiger partial charge >= 0.3 is 0 Å². The lowest BCUT2D eigenvalue weighted by Crippen LogP contribution is -2.35. The molecule has 124 valence electrons. The molecule has 4 heteroatoms. The molecule has 2 atom stereocenters. The number of benzene rings is 1. The highest BCUT2D eigenvalue weighted by Crippen LogP contribution is 2.25. The Balaban J connectivity index is 2.03. The van der Waals surface area contributed by atoms with Gasteiger partial charge in [-0.3, -0.25) is 0 Å². The molecule has 1 aliphatic rings. The van der Waals surface area contributed by atoms with Crippen LogP contribution >= 0.6 is 0 Å². The molecule has 0 radical (unpaired) electrons. The maximum Gasteiger partial charge on any atom is 0.150 e. The molecule has 0 saturated carbocycles. The molecule has 0 aromatic heterocycles. The van der Waals surface area contributed by atoms with Crippen molar-refractivity contribution in [2.45, 2.75) is 46.1 Å². The summed E-state index contributed by atoms with van der Waals surface area (Å²) in [6.07, 6.45) is 2.91. The zero-order valence-electron chi connectivity index (χ0n) is 14.0. The highest BCUT2D eigenvalue weighted by Gasteiger charge is 2.25. The summed E-state index contributed by atoms with van der Waals surface area (Å²) in [5.41, 5.74) is 2.65. The molecule has 1 heterocycles. The van der Waals surface area contributed by atoms with Gasteiger partial charge in [0.25, 0.3) is 0 Å². The first kappa shape index (κ1) is 17.5. The highest BCUT2D eigenvalue weighted by atomic mass is 32.2. The van der Waals surface area contributed by atoms with Crippen molar-refractivity contribution in [2.24, 2.45) is 11.8 Å². The molecule has 1 saturated heterocycles. The third kappa shape index (κ3) is 5.10. The van der Waals surface area contributed by atoms with Gasteiger partial charge in [-0.2, -0.15) is 0 Å². The van der Waals surface area contributed by atoms with Gasteiger partial charge in [-0.1, -0.05) is 38.1 Å². The molecule has 3 nitrogen and oxygen atoms in total. The predicted molar refractivity (Wildman–Crippen MR) is 92.8 cm³/mol. The van der Waals surface area contributed by atoms with E-state index in [1.54, 1.807) is 0 Å². The molecule has 0 spiro atoms. The van der Waals surface area contributed by atoms with Crippen LogP contribution < -0.4 is 5.32 Å². The summed E-state index contributed by atoms with van der Waals surface area (Å²) < 4.78 is 23.6. The van der Waals surface area contributed by atoms with Gasteiger partial charge in [-0.25, -0.2) is 8.42 Å². The fraction of sp³-hybridized carbons (Fsp3) is 0.667. The van der Waals surface area contributed by atoms with Gasteiger partial charge in [-0.05, 0) is 55.7 Å². The van der Waals surface area contributed by atoms with Crippen LogP contribution in [0, 0.1) is 18.8 Å². The van der Waals surface area contributed by atoms with E-state index in [4.69, 9.17) is 0 Å². The zero-order valence-corrected chi connectivity index (χ0v) is 14.8. The average molecular weight is 324 g/mol. The fourth-order valence-electron chi connectivity index (χ4n) is 3.36. The summed E-state index contributed by atoms with van der Waals surface area (Å²) in [7, 11) is -2.82. The van der Waals surface area contributed by atoms with Crippen LogP contribution in [0.15, 0.2) is 24.3 Å². The molecule has 1 aromatic carbocycles. The van der Waals surface area contributed by atoms with Crippen molar-refractivity contribution in [3.63, 3.8) is 0 Å². The van der Waals surface area contributed by atoms with Crippen LogP contribution in [0.5, 0.6) is 0 Å². The van der Waals surface area contributed by atoms with Gasteiger partial charge in [-0.15, -0.1) is 0 Å². The summed E-state index contributed by atoms with van der Waals surface area (Å²) in [5.74, 6) is 1.59. The first-order valence-electron chi connectivity index (χ1n) is 8.36. The monoisotopic (exact) mass is 323 g/mol. The Labute approximate surface area is 135 Å². The minimum atomic E-state index is -2.82. The van der Waals surface area contributed by atoms with Crippen molar-refractivity contribution in [1.82, 2.24) is 5.32 Å². The van der Waals surface area contributed by atoms with E-state index < -0.39 is 9.84 Å². The number of aryl methyl sites for hydroxylation is 1. The number of rotatable bonds is 6. The van der Waals surface area contributed by atoms with E-state index in [1.165, 1.54) is 11.1 Å². The first-order chi connectivity index (χ1) is 10.4. The van der Waals surface area contributed by atoms with Crippen molar-refractivity contribution in [3.8, 4) is 0 Å². The minimum Gasteiger partial charge on any atom is -0.310 e. The molecule has 1 N–H and O–H groups in total. The Kier molecular flexibility index (Phi) is 6.04. The van der Waals surface area contributed by atoms with Gasteiger partial charge in [0, 0.05) is 6.04 Å². The molecule has 2 rings (SSSR count). The zero-order chi connectivity index (χ0) is 16.2. The van der Waals surface area contributed by atoms with E-state index in [0.717, 1.165) is 25.8 Å². The van der Waals surface area contributed by atoms with E-state index in [9.17, 15) is 8.42 Å². The molecule has 0 amide bonds. The molecule has 1 aliphatic heterocycles. The van der Waals surface area contributed by atoms with Crippen molar-refractivity contribution < 1.29 is 8.42 Å². The van der Waals surface area contributed by atoms with Gasteiger partial charge in [0.1, 0.15) is 0 Å². The Morgan fingerprint density at radius 1 is 1.27 bits per heavy atom. The van der Waals surface area contributed by atoms with Crippen LogP contribution in [0.1, 0.15) is 50.3 Å². The van der Waals surface area contributed by atoms with Crippen LogP contribution in [-0.2, 0) is 9.84 Å². The number of hydrogen-bond donors (Lipinski definition) is 1. The van der Waals surface area contributed by atoms with Crippen molar-refractivity contribution >= 4 is 9.84 Å². The lowest BCUT2D eigenvalue weighted by molar-refractivity contribution is 0.379. The van der Waals surface area contributed by atoms with E-state index in [-0.39, 0.29) is 5.92 Å². The summed E-state index contributed by atoms with van der Waals surface area (Å²) in [6.45, 7) is 7.41. The summed E-state index contributed by atoms with van der Waals surface area (Å²) in [6, 6.07) is 8.80. The summed E-state index contributed by atoms with van der Waals surface area (Å²) in [4.78, 5) is 0. The Morgan fingerprint density at radius 3 is 2.64 bits per heavy atom. The SMILES string of the molecule is Cc1ccccc1[C@@H](CC(C)C)NC[C@@H]1CCCS(=O)(=O)C1. The molecular formula is C18H29NO2S. The first-order valence-corrected chi connectivity index (χ1v) is 10.2. The van der Waals surface area contributed by atoms with Crippen molar-refractivity contribution in [1.29, 1.82) is 0 Å². The fourth-order valence-corrected chi connectivity index (χ4v) is 5.13. The van der Waals surface area contributed by atoms with Crippen LogP contribution in [-0.4, -0.2) is 26.5 Å². The predicted octanol–water partition coefficient (Wildman–Crippen LogP) is 3.50. The van der Waals surface area contributed by atoms with Crippen LogP contribution in [0.25, 0.3) is 0 Å². The third-order valence-electron chi connectivity index (χ3n) is 4.48. The van der Waals surface area contributed by atoms with E-state index in [1.807, 2.05) is 0 Å². The van der Waals surface area contributed by atoms with E-state index in [0.29, 0.717) is 23.5 Å². The molecule has 0 unspecified atom stereocenters. The second kappa shape index (κ2) is 7.60. The lowest BCUT2D eigenvalue weighted by atomic mass is 9.93. The van der Waals surface area contributed by atoms with Gasteiger partial charge < -0.3 is 5.32 Å². The molecular weight excluding hydrogens is 294 g/mol. The van der Waals surface area contributed by atoms with Crippen molar-refractivity contribution in [2.75, 3.05) is 18.1 Å². The highest BCUT2D eigenvalue weighted by molar-refractivity contribution is 7.91. The second-order valence-corrected chi connectivity index (χ2v) is 9.30. The second-order valence-electron chi connectivity index (χ2n) is 7.07. The lowest BCUT2D eigenvalue weighted by Gasteiger charge is -2.27. The van der Waals surface area contributed by atoms with Crippen molar-refractivity contribution in [3.05, 3.63) is 35.4 Å². The van der Waals surface area contributed by atoms with Gasteiger partial charge in [0.15, 0.2) is 9.84 Å². The Morgan fingerprint density at radius 2 is 2.00 bits per heavy atom.